The number of urea groups is 1. The number of para-hydroxylation sites is 1. The van der Waals surface area contributed by atoms with Gasteiger partial charge in [-0.3, -0.25) is 0 Å². The molecule has 0 radical (unpaired) electrons. The topological polar surface area (TPSA) is 61.8 Å². The van der Waals surface area contributed by atoms with Crippen LogP contribution in [0.5, 0.6) is 5.75 Å². The van der Waals surface area contributed by atoms with E-state index in [1.54, 1.807) is 14.0 Å². The number of likely N-dealkylation sites (N-methyl/N-ethyl adjacent to an activating group) is 1. The molecule has 5 heteroatoms. The summed E-state index contributed by atoms with van der Waals surface area (Å²) in [4.78, 5) is 13.6. The Morgan fingerprint density at radius 3 is 3.05 bits per heavy atom. The Labute approximate surface area is 119 Å². The average Bonchev–Trinajstić information content (AvgIpc) is 2.61. The molecule has 5 nitrogen and oxygen atoms in total. The van der Waals surface area contributed by atoms with Crippen LogP contribution in [-0.4, -0.2) is 42.3 Å². The van der Waals surface area contributed by atoms with Gasteiger partial charge in [-0.1, -0.05) is 18.2 Å². The fraction of sp³-hybridized carbons (Fsp3) is 0.533. The van der Waals surface area contributed by atoms with Crippen molar-refractivity contribution in [1.82, 2.24) is 10.2 Å². The highest BCUT2D eigenvalue weighted by molar-refractivity contribution is 5.74. The number of rotatable bonds is 3. The standard InChI is InChI=1S/C15H22N2O3/c1-11(18)10-17(2)15(19)16-13-7-5-9-20-14-8-4-3-6-12(13)14/h3-4,6,8,11,13,18H,5,7,9-10H2,1-2H3,(H,16,19). The molecular formula is C15H22N2O3. The van der Waals surface area contributed by atoms with Crippen LogP contribution in [0.1, 0.15) is 31.4 Å². The SMILES string of the molecule is CC(O)CN(C)C(=O)NC1CCCOc2ccccc21. The van der Waals surface area contributed by atoms with Crippen LogP contribution in [0.25, 0.3) is 0 Å². The maximum Gasteiger partial charge on any atom is 0.317 e. The third-order valence-electron chi connectivity index (χ3n) is 3.37. The molecule has 0 spiro atoms. The molecule has 2 N–H and O–H groups in total. The van der Waals surface area contributed by atoms with Crippen LogP contribution < -0.4 is 10.1 Å². The van der Waals surface area contributed by atoms with E-state index in [4.69, 9.17) is 4.74 Å². The van der Waals surface area contributed by atoms with Crippen molar-refractivity contribution in [3.63, 3.8) is 0 Å². The van der Waals surface area contributed by atoms with Gasteiger partial charge < -0.3 is 20.1 Å². The number of carbonyl (C=O) groups is 1. The number of aliphatic hydroxyl groups is 1. The first-order valence-corrected chi connectivity index (χ1v) is 6.99. The third kappa shape index (κ3) is 3.63. The molecule has 2 atom stereocenters. The molecule has 20 heavy (non-hydrogen) atoms. The highest BCUT2D eigenvalue weighted by Gasteiger charge is 2.22. The predicted molar refractivity (Wildman–Crippen MR) is 76.8 cm³/mol. The third-order valence-corrected chi connectivity index (χ3v) is 3.37. The van der Waals surface area contributed by atoms with Gasteiger partial charge in [-0.05, 0) is 25.8 Å². The van der Waals surface area contributed by atoms with Crippen molar-refractivity contribution in [2.24, 2.45) is 0 Å². The Kier molecular flexibility index (Phi) is 4.84. The first kappa shape index (κ1) is 14.7. The molecule has 2 amide bonds. The van der Waals surface area contributed by atoms with Gasteiger partial charge in [0.15, 0.2) is 0 Å². The largest absolute Gasteiger partial charge is 0.493 e. The van der Waals surface area contributed by atoms with Gasteiger partial charge in [0.25, 0.3) is 0 Å². The van der Waals surface area contributed by atoms with Crippen molar-refractivity contribution in [3.05, 3.63) is 29.8 Å². The molecule has 1 aromatic rings. The lowest BCUT2D eigenvalue weighted by Gasteiger charge is -2.24. The van der Waals surface area contributed by atoms with Crippen LogP contribution >= 0.6 is 0 Å². The maximum atomic E-state index is 12.1. The Hall–Kier alpha value is -1.75. The highest BCUT2D eigenvalue weighted by atomic mass is 16.5. The van der Waals surface area contributed by atoms with Crippen molar-refractivity contribution >= 4 is 6.03 Å². The second kappa shape index (κ2) is 6.61. The van der Waals surface area contributed by atoms with Crippen LogP contribution in [0.2, 0.25) is 0 Å². The van der Waals surface area contributed by atoms with E-state index in [9.17, 15) is 9.90 Å². The molecule has 1 aliphatic rings. The first-order valence-electron chi connectivity index (χ1n) is 6.99. The Balaban J connectivity index is 2.07. The number of amides is 2. The van der Waals surface area contributed by atoms with E-state index in [1.165, 1.54) is 4.90 Å². The summed E-state index contributed by atoms with van der Waals surface area (Å²) in [5.41, 5.74) is 1.02. The van der Waals surface area contributed by atoms with Gasteiger partial charge in [-0.15, -0.1) is 0 Å². The molecule has 0 saturated heterocycles. The van der Waals surface area contributed by atoms with Gasteiger partial charge in [0.1, 0.15) is 5.75 Å². The lowest BCUT2D eigenvalue weighted by atomic mass is 10.0. The number of hydrogen-bond acceptors (Lipinski definition) is 3. The maximum absolute atomic E-state index is 12.1. The zero-order chi connectivity index (χ0) is 14.5. The summed E-state index contributed by atoms with van der Waals surface area (Å²) in [5, 5.41) is 12.4. The Morgan fingerprint density at radius 2 is 2.30 bits per heavy atom. The average molecular weight is 278 g/mol. The van der Waals surface area contributed by atoms with Gasteiger partial charge in [0.2, 0.25) is 0 Å². The minimum Gasteiger partial charge on any atom is -0.493 e. The normalized spacial score (nSPS) is 19.2. The van der Waals surface area contributed by atoms with Crippen LogP contribution in [0, 0.1) is 0 Å². The lowest BCUT2D eigenvalue weighted by Crippen LogP contribution is -2.42. The number of nitrogens with one attached hydrogen (secondary N) is 1. The fourth-order valence-corrected chi connectivity index (χ4v) is 2.41. The molecule has 2 rings (SSSR count). The van der Waals surface area contributed by atoms with Gasteiger partial charge in [0.05, 0.1) is 18.8 Å². The lowest BCUT2D eigenvalue weighted by molar-refractivity contribution is 0.142. The highest BCUT2D eigenvalue weighted by Crippen LogP contribution is 2.31. The number of ether oxygens (including phenoxy) is 1. The van der Waals surface area contributed by atoms with Crippen LogP contribution in [-0.2, 0) is 0 Å². The van der Waals surface area contributed by atoms with E-state index in [0.29, 0.717) is 13.2 Å². The zero-order valence-electron chi connectivity index (χ0n) is 12.0. The molecule has 0 aromatic heterocycles. The van der Waals surface area contributed by atoms with E-state index in [0.717, 1.165) is 24.2 Å². The van der Waals surface area contributed by atoms with E-state index in [2.05, 4.69) is 5.32 Å². The van der Waals surface area contributed by atoms with Gasteiger partial charge in [0, 0.05) is 19.2 Å². The minimum atomic E-state index is -0.532. The van der Waals surface area contributed by atoms with Crippen molar-refractivity contribution in [3.8, 4) is 5.75 Å². The second-order valence-corrected chi connectivity index (χ2v) is 5.26. The van der Waals surface area contributed by atoms with Crippen LogP contribution in [0.4, 0.5) is 4.79 Å². The number of aliphatic hydroxyl groups excluding tert-OH is 1. The monoisotopic (exact) mass is 278 g/mol. The first-order chi connectivity index (χ1) is 9.58. The summed E-state index contributed by atoms with van der Waals surface area (Å²) in [6.07, 6.45) is 1.22. The van der Waals surface area contributed by atoms with Crippen LogP contribution in [0.3, 0.4) is 0 Å². The number of fused-ring (bicyclic) bond motifs is 1. The van der Waals surface area contributed by atoms with Crippen molar-refractivity contribution < 1.29 is 14.6 Å². The zero-order valence-corrected chi connectivity index (χ0v) is 12.0. The summed E-state index contributed by atoms with van der Waals surface area (Å²) in [5.74, 6) is 0.841. The van der Waals surface area contributed by atoms with Gasteiger partial charge in [-0.25, -0.2) is 4.79 Å². The van der Waals surface area contributed by atoms with E-state index >= 15 is 0 Å². The quantitative estimate of drug-likeness (QED) is 0.888. The Morgan fingerprint density at radius 1 is 1.55 bits per heavy atom. The molecule has 0 fully saturated rings. The summed E-state index contributed by atoms with van der Waals surface area (Å²) in [6.45, 7) is 2.65. The number of benzene rings is 1. The summed E-state index contributed by atoms with van der Waals surface area (Å²) < 4.78 is 5.68. The number of carbonyl (C=O) groups excluding carboxylic acids is 1. The summed E-state index contributed by atoms with van der Waals surface area (Å²) in [6, 6.07) is 7.58. The molecule has 1 aliphatic heterocycles. The molecule has 0 saturated carbocycles. The Bertz CT molecular complexity index is 462. The van der Waals surface area contributed by atoms with Gasteiger partial charge >= 0.3 is 6.03 Å². The fourth-order valence-electron chi connectivity index (χ4n) is 2.41. The molecule has 110 valence electrons. The summed E-state index contributed by atoms with van der Waals surface area (Å²) >= 11 is 0. The molecular weight excluding hydrogens is 256 g/mol. The van der Waals surface area contributed by atoms with Crippen molar-refractivity contribution in [2.75, 3.05) is 20.2 Å². The smallest absolute Gasteiger partial charge is 0.317 e. The molecule has 2 unspecified atom stereocenters. The van der Waals surface area contributed by atoms with E-state index < -0.39 is 6.10 Å². The minimum absolute atomic E-state index is 0.0438. The molecule has 0 bridgehead atoms. The second-order valence-electron chi connectivity index (χ2n) is 5.26. The number of nitrogens with zero attached hydrogens (tertiary/aromatic N) is 1. The number of hydrogen-bond donors (Lipinski definition) is 2. The summed E-state index contributed by atoms with van der Waals surface area (Å²) in [7, 11) is 1.68. The van der Waals surface area contributed by atoms with Gasteiger partial charge in [-0.2, -0.15) is 0 Å². The molecule has 1 aromatic carbocycles. The van der Waals surface area contributed by atoms with Crippen molar-refractivity contribution in [2.45, 2.75) is 31.9 Å². The van der Waals surface area contributed by atoms with Crippen molar-refractivity contribution in [1.29, 1.82) is 0 Å². The van der Waals surface area contributed by atoms with E-state index in [-0.39, 0.29) is 12.1 Å². The molecule has 0 aliphatic carbocycles. The predicted octanol–water partition coefficient (Wildman–Crippen LogP) is 1.92. The molecule has 1 heterocycles. The van der Waals surface area contributed by atoms with E-state index in [1.807, 2.05) is 24.3 Å². The van der Waals surface area contributed by atoms with Crippen LogP contribution in [0.15, 0.2) is 24.3 Å².